The highest BCUT2D eigenvalue weighted by Gasteiger charge is 2.26. The molecule has 1 aromatic rings. The number of ether oxygens (including phenoxy) is 2. The molecule has 0 unspecified atom stereocenters. The van der Waals surface area contributed by atoms with Gasteiger partial charge in [-0.2, -0.15) is 0 Å². The van der Waals surface area contributed by atoms with Crippen molar-refractivity contribution < 1.29 is 14.3 Å². The number of carbonyl (C=O) groups is 1. The molecular weight excluding hydrogens is 256 g/mol. The Bertz CT molecular complexity index is 455. The zero-order valence-corrected chi connectivity index (χ0v) is 13.3. The molecule has 0 spiro atoms. The van der Waals surface area contributed by atoms with Crippen LogP contribution in [0.4, 0.5) is 0 Å². The summed E-state index contributed by atoms with van der Waals surface area (Å²) < 4.78 is 10.3. The Morgan fingerprint density at radius 2 is 1.79 bits per heavy atom. The predicted octanol–water partition coefficient (Wildman–Crippen LogP) is 3.52. The second-order valence-corrected chi connectivity index (χ2v) is 10.3. The molecule has 0 heterocycles. The van der Waals surface area contributed by atoms with Crippen molar-refractivity contribution in [2.24, 2.45) is 0 Å². The van der Waals surface area contributed by atoms with Crippen LogP contribution in [0.2, 0.25) is 19.6 Å². The third-order valence-electron chi connectivity index (χ3n) is 2.73. The number of carbonyl (C=O) groups excluding carboxylic acids is 1. The van der Waals surface area contributed by atoms with E-state index < -0.39 is 8.07 Å². The molecule has 0 N–H and O–H groups in total. The molecule has 19 heavy (non-hydrogen) atoms. The van der Waals surface area contributed by atoms with E-state index in [1.807, 2.05) is 37.3 Å². The number of methoxy groups -OCH3 is 1. The highest BCUT2D eigenvalue weighted by atomic mass is 28.3. The standard InChI is InChI=1S/C15H22O3Si/c1-6-18-15(16)14(19(3,4)5)11-12-7-9-13(17-2)10-8-12/h7-11H,6H2,1-5H3/b14-11+. The largest absolute Gasteiger partial charge is 0.497 e. The SMILES string of the molecule is CCOC(=O)/C(=C\c1ccc(OC)cc1)[Si](C)(C)C. The minimum atomic E-state index is -1.74. The third-order valence-corrected chi connectivity index (χ3v) is 4.69. The summed E-state index contributed by atoms with van der Waals surface area (Å²) >= 11 is 0. The van der Waals surface area contributed by atoms with Crippen LogP contribution >= 0.6 is 0 Å². The number of hydrogen-bond donors (Lipinski definition) is 0. The van der Waals surface area contributed by atoms with Gasteiger partial charge in [0.05, 0.1) is 21.8 Å². The van der Waals surface area contributed by atoms with E-state index >= 15 is 0 Å². The van der Waals surface area contributed by atoms with Crippen LogP contribution in [0.25, 0.3) is 6.08 Å². The number of rotatable bonds is 5. The molecule has 0 aliphatic rings. The van der Waals surface area contributed by atoms with Crippen LogP contribution in [0.5, 0.6) is 5.75 Å². The fraction of sp³-hybridized carbons (Fsp3) is 0.400. The van der Waals surface area contributed by atoms with Gasteiger partial charge in [0, 0.05) is 5.20 Å². The third kappa shape index (κ3) is 4.56. The molecule has 0 aliphatic carbocycles. The van der Waals surface area contributed by atoms with Crippen LogP contribution in [0, 0.1) is 0 Å². The van der Waals surface area contributed by atoms with Crippen LogP contribution in [-0.4, -0.2) is 27.8 Å². The summed E-state index contributed by atoms with van der Waals surface area (Å²) in [5.41, 5.74) is 0.992. The molecule has 0 atom stereocenters. The van der Waals surface area contributed by atoms with Crippen molar-refractivity contribution in [1.29, 1.82) is 0 Å². The first kappa shape index (κ1) is 15.5. The molecule has 0 radical (unpaired) electrons. The molecule has 104 valence electrons. The molecule has 1 aromatic carbocycles. The Morgan fingerprint density at radius 1 is 1.21 bits per heavy atom. The summed E-state index contributed by atoms with van der Waals surface area (Å²) in [6.07, 6.45) is 1.93. The Balaban J connectivity index is 3.08. The molecule has 1 rings (SSSR count). The van der Waals surface area contributed by atoms with Gasteiger partial charge >= 0.3 is 5.97 Å². The van der Waals surface area contributed by atoms with Crippen molar-refractivity contribution in [1.82, 2.24) is 0 Å². The van der Waals surface area contributed by atoms with Gasteiger partial charge in [0.1, 0.15) is 5.75 Å². The molecule has 0 amide bonds. The van der Waals surface area contributed by atoms with Gasteiger partial charge in [0.2, 0.25) is 0 Å². The summed E-state index contributed by atoms with van der Waals surface area (Å²) in [7, 11) is -0.100. The van der Waals surface area contributed by atoms with Gasteiger partial charge in [0.25, 0.3) is 0 Å². The monoisotopic (exact) mass is 278 g/mol. The van der Waals surface area contributed by atoms with Crippen LogP contribution in [0.15, 0.2) is 29.5 Å². The lowest BCUT2D eigenvalue weighted by Crippen LogP contribution is -2.30. The minimum absolute atomic E-state index is 0.197. The smallest absolute Gasteiger partial charge is 0.329 e. The van der Waals surface area contributed by atoms with Crippen LogP contribution < -0.4 is 4.74 Å². The van der Waals surface area contributed by atoms with Gasteiger partial charge < -0.3 is 9.47 Å². The highest BCUT2D eigenvalue weighted by molar-refractivity contribution is 6.87. The average molecular weight is 278 g/mol. The summed E-state index contributed by atoms with van der Waals surface area (Å²) in [5.74, 6) is 0.611. The molecule has 4 heteroatoms. The van der Waals surface area contributed by atoms with E-state index in [1.54, 1.807) is 7.11 Å². The lowest BCUT2D eigenvalue weighted by Gasteiger charge is -2.19. The Morgan fingerprint density at radius 3 is 2.21 bits per heavy atom. The van der Waals surface area contributed by atoms with Gasteiger partial charge in [-0.1, -0.05) is 31.8 Å². The van der Waals surface area contributed by atoms with Crippen LogP contribution in [-0.2, 0) is 9.53 Å². The number of benzene rings is 1. The van der Waals surface area contributed by atoms with E-state index in [0.717, 1.165) is 16.5 Å². The maximum absolute atomic E-state index is 12.0. The maximum Gasteiger partial charge on any atom is 0.329 e. The zero-order valence-electron chi connectivity index (χ0n) is 12.3. The van der Waals surface area contributed by atoms with E-state index in [-0.39, 0.29) is 5.97 Å². The summed E-state index contributed by atoms with van der Waals surface area (Å²) in [4.78, 5) is 12.0. The number of esters is 1. The van der Waals surface area contributed by atoms with E-state index in [9.17, 15) is 4.79 Å². The van der Waals surface area contributed by atoms with Gasteiger partial charge in [-0.05, 0) is 30.7 Å². The quantitative estimate of drug-likeness (QED) is 0.469. The average Bonchev–Trinajstić information content (AvgIpc) is 2.35. The predicted molar refractivity (Wildman–Crippen MR) is 81.0 cm³/mol. The summed E-state index contributed by atoms with van der Waals surface area (Å²) in [6.45, 7) is 8.65. The fourth-order valence-electron chi connectivity index (χ4n) is 1.66. The van der Waals surface area contributed by atoms with Crippen LogP contribution in [0.1, 0.15) is 12.5 Å². The molecule has 3 nitrogen and oxygen atoms in total. The van der Waals surface area contributed by atoms with Crippen molar-refractivity contribution in [3.05, 3.63) is 35.0 Å². The first-order valence-corrected chi connectivity index (χ1v) is 9.92. The molecule has 0 aromatic heterocycles. The van der Waals surface area contributed by atoms with Crippen molar-refractivity contribution in [3.8, 4) is 5.75 Å². The van der Waals surface area contributed by atoms with E-state index in [1.165, 1.54) is 0 Å². The molecule has 0 aliphatic heterocycles. The van der Waals surface area contributed by atoms with Crippen molar-refractivity contribution in [2.45, 2.75) is 26.6 Å². The van der Waals surface area contributed by atoms with Gasteiger partial charge in [-0.25, -0.2) is 4.79 Å². The molecule has 0 fully saturated rings. The lowest BCUT2D eigenvalue weighted by molar-refractivity contribution is -0.137. The topological polar surface area (TPSA) is 35.5 Å². The minimum Gasteiger partial charge on any atom is -0.497 e. The fourth-order valence-corrected chi connectivity index (χ4v) is 2.94. The van der Waals surface area contributed by atoms with E-state index in [2.05, 4.69) is 19.6 Å². The molecule has 0 bridgehead atoms. The first-order chi connectivity index (χ1) is 8.88. The number of hydrogen-bond acceptors (Lipinski definition) is 3. The lowest BCUT2D eigenvalue weighted by atomic mass is 10.2. The zero-order chi connectivity index (χ0) is 14.5. The van der Waals surface area contributed by atoms with Gasteiger partial charge in [-0.15, -0.1) is 0 Å². The molecule has 0 saturated carbocycles. The van der Waals surface area contributed by atoms with Crippen molar-refractivity contribution in [2.75, 3.05) is 13.7 Å². The summed E-state index contributed by atoms with van der Waals surface area (Å²) in [6, 6.07) is 7.66. The normalized spacial score (nSPS) is 12.2. The highest BCUT2D eigenvalue weighted by Crippen LogP contribution is 2.21. The Kier molecular flexibility index (Phi) is 5.36. The molecule has 0 saturated heterocycles. The summed E-state index contributed by atoms with van der Waals surface area (Å²) in [5, 5.41) is 0.805. The molecular formula is C15H22O3Si. The van der Waals surface area contributed by atoms with Gasteiger partial charge in [-0.3, -0.25) is 0 Å². The van der Waals surface area contributed by atoms with Crippen molar-refractivity contribution in [3.63, 3.8) is 0 Å². The van der Waals surface area contributed by atoms with E-state index in [0.29, 0.717) is 6.61 Å². The van der Waals surface area contributed by atoms with Crippen LogP contribution in [0.3, 0.4) is 0 Å². The maximum atomic E-state index is 12.0. The second-order valence-electron chi connectivity index (χ2n) is 5.30. The second kappa shape index (κ2) is 6.57. The van der Waals surface area contributed by atoms with E-state index in [4.69, 9.17) is 9.47 Å². The Hall–Kier alpha value is -1.55. The Labute approximate surface area is 116 Å². The first-order valence-electron chi connectivity index (χ1n) is 6.42. The van der Waals surface area contributed by atoms with Crippen molar-refractivity contribution >= 4 is 20.1 Å². The van der Waals surface area contributed by atoms with Gasteiger partial charge in [0.15, 0.2) is 0 Å².